The number of amides is 2. The van der Waals surface area contributed by atoms with Crippen molar-refractivity contribution in [1.29, 1.82) is 0 Å². The number of nitrogens with one attached hydrogen (secondary N) is 1. The quantitative estimate of drug-likeness (QED) is 0.801. The van der Waals surface area contributed by atoms with Crippen molar-refractivity contribution in [1.82, 2.24) is 4.90 Å². The molecule has 0 bridgehead atoms. The minimum atomic E-state index is -0.0533. The Morgan fingerprint density at radius 2 is 1.68 bits per heavy atom. The number of nitrogens with zero attached hydrogens (tertiary/aromatic N) is 2. The van der Waals surface area contributed by atoms with Gasteiger partial charge in [-0.2, -0.15) is 0 Å². The molecule has 6 heteroatoms. The zero-order valence-corrected chi connectivity index (χ0v) is 15.9. The molecule has 2 amide bonds. The van der Waals surface area contributed by atoms with Crippen LogP contribution in [0.2, 0.25) is 10.0 Å². The Labute approximate surface area is 158 Å². The van der Waals surface area contributed by atoms with Gasteiger partial charge >= 0.3 is 6.03 Å². The number of hydrogen-bond donors (Lipinski definition) is 1. The van der Waals surface area contributed by atoms with Crippen molar-refractivity contribution in [2.75, 3.05) is 36.4 Å². The second-order valence-corrected chi connectivity index (χ2v) is 7.14. The van der Waals surface area contributed by atoms with Gasteiger partial charge in [-0.1, -0.05) is 35.3 Å². The van der Waals surface area contributed by atoms with Gasteiger partial charge in [0.2, 0.25) is 0 Å². The minimum absolute atomic E-state index is 0.0533. The van der Waals surface area contributed by atoms with Gasteiger partial charge in [-0.3, -0.25) is 0 Å². The number of anilines is 2. The fraction of sp³-hybridized carbons (Fsp3) is 0.316. The molecule has 0 radical (unpaired) electrons. The van der Waals surface area contributed by atoms with Crippen molar-refractivity contribution in [3.05, 3.63) is 57.6 Å². The van der Waals surface area contributed by atoms with Crippen molar-refractivity contribution in [3.63, 3.8) is 0 Å². The Hall–Kier alpha value is -1.91. The first-order valence-corrected chi connectivity index (χ1v) is 9.03. The highest BCUT2D eigenvalue weighted by atomic mass is 35.5. The summed E-state index contributed by atoms with van der Waals surface area (Å²) in [7, 11) is 0. The molecule has 1 aliphatic rings. The molecule has 1 aliphatic heterocycles. The minimum Gasteiger partial charge on any atom is -0.368 e. The van der Waals surface area contributed by atoms with Crippen molar-refractivity contribution in [3.8, 4) is 0 Å². The van der Waals surface area contributed by atoms with Gasteiger partial charge in [-0.15, -0.1) is 0 Å². The van der Waals surface area contributed by atoms with Crippen LogP contribution >= 0.6 is 23.2 Å². The highest BCUT2D eigenvalue weighted by Gasteiger charge is 2.22. The third-order valence-corrected chi connectivity index (χ3v) is 5.21. The molecule has 0 saturated carbocycles. The number of carbonyl (C=O) groups is 1. The maximum Gasteiger partial charge on any atom is 0.321 e. The average molecular weight is 378 g/mol. The van der Waals surface area contributed by atoms with Crippen LogP contribution in [0.5, 0.6) is 0 Å². The second kappa shape index (κ2) is 7.54. The standard InChI is InChI=1S/C19H21Cl2N3O/c1-13-3-4-14(2)18(11-13)22-19(25)24-9-7-23(8-10-24)15-5-6-16(20)17(21)12-15/h3-6,11-12H,7-10H2,1-2H3,(H,22,25). The SMILES string of the molecule is Cc1ccc(C)c(NC(=O)N2CCN(c3ccc(Cl)c(Cl)c3)CC2)c1. The van der Waals surface area contributed by atoms with Crippen LogP contribution in [0.4, 0.5) is 16.2 Å². The van der Waals surface area contributed by atoms with Crippen LogP contribution in [0.3, 0.4) is 0 Å². The van der Waals surface area contributed by atoms with E-state index < -0.39 is 0 Å². The highest BCUT2D eigenvalue weighted by molar-refractivity contribution is 6.42. The van der Waals surface area contributed by atoms with E-state index in [9.17, 15) is 4.79 Å². The predicted octanol–water partition coefficient (Wildman–Crippen LogP) is 4.96. The van der Waals surface area contributed by atoms with Gasteiger partial charge in [-0.25, -0.2) is 4.79 Å². The molecule has 132 valence electrons. The van der Waals surface area contributed by atoms with E-state index in [4.69, 9.17) is 23.2 Å². The maximum absolute atomic E-state index is 12.5. The lowest BCUT2D eigenvalue weighted by Gasteiger charge is -2.36. The van der Waals surface area contributed by atoms with E-state index >= 15 is 0 Å². The number of piperazine rings is 1. The summed E-state index contributed by atoms with van der Waals surface area (Å²) in [4.78, 5) is 16.6. The van der Waals surface area contributed by atoms with Gasteiger partial charge in [0.25, 0.3) is 0 Å². The second-order valence-electron chi connectivity index (χ2n) is 6.32. The van der Waals surface area contributed by atoms with Gasteiger partial charge in [0.15, 0.2) is 0 Å². The van der Waals surface area contributed by atoms with Crippen molar-refractivity contribution >= 4 is 40.6 Å². The first-order chi connectivity index (χ1) is 11.9. The molecule has 3 rings (SSSR count). The van der Waals surface area contributed by atoms with Gasteiger partial charge in [0.05, 0.1) is 10.0 Å². The summed E-state index contributed by atoms with van der Waals surface area (Å²) in [6.07, 6.45) is 0. The number of halogens is 2. The molecule has 1 fully saturated rings. The molecule has 2 aromatic rings. The summed E-state index contributed by atoms with van der Waals surface area (Å²) in [5, 5.41) is 4.12. The van der Waals surface area contributed by atoms with Gasteiger partial charge in [-0.05, 0) is 49.2 Å². The van der Waals surface area contributed by atoms with Crippen LogP contribution in [0, 0.1) is 13.8 Å². The number of hydrogen-bond acceptors (Lipinski definition) is 2. The molecule has 0 aromatic heterocycles. The van der Waals surface area contributed by atoms with Crippen LogP contribution in [-0.2, 0) is 0 Å². The Kier molecular flexibility index (Phi) is 5.40. The van der Waals surface area contributed by atoms with E-state index in [2.05, 4.69) is 10.2 Å². The predicted molar refractivity (Wildman–Crippen MR) is 105 cm³/mol. The molecular formula is C19H21Cl2N3O. The van der Waals surface area contributed by atoms with Crippen LogP contribution < -0.4 is 10.2 Å². The van der Waals surface area contributed by atoms with Crippen molar-refractivity contribution in [2.24, 2.45) is 0 Å². The molecule has 25 heavy (non-hydrogen) atoms. The zero-order chi connectivity index (χ0) is 18.0. The van der Waals surface area contributed by atoms with E-state index in [-0.39, 0.29) is 6.03 Å². The summed E-state index contributed by atoms with van der Waals surface area (Å²) in [6, 6.07) is 11.6. The molecule has 0 aliphatic carbocycles. The lowest BCUT2D eigenvalue weighted by atomic mass is 10.1. The zero-order valence-electron chi connectivity index (χ0n) is 14.4. The van der Waals surface area contributed by atoms with Crippen LogP contribution in [0.1, 0.15) is 11.1 Å². The average Bonchev–Trinajstić information content (AvgIpc) is 2.60. The Morgan fingerprint density at radius 1 is 0.960 bits per heavy atom. The molecule has 0 spiro atoms. The van der Waals surface area contributed by atoms with Gasteiger partial charge in [0, 0.05) is 37.6 Å². The number of benzene rings is 2. The fourth-order valence-corrected chi connectivity index (χ4v) is 3.21. The number of rotatable bonds is 2. The van der Waals surface area contributed by atoms with Crippen LogP contribution in [0.25, 0.3) is 0 Å². The van der Waals surface area contributed by atoms with E-state index in [1.54, 1.807) is 6.07 Å². The van der Waals surface area contributed by atoms with Crippen LogP contribution in [-0.4, -0.2) is 37.1 Å². The molecular weight excluding hydrogens is 357 g/mol. The number of urea groups is 1. The Balaban J connectivity index is 1.60. The van der Waals surface area contributed by atoms with E-state index in [0.29, 0.717) is 23.1 Å². The molecule has 0 atom stereocenters. The molecule has 1 heterocycles. The molecule has 2 aromatic carbocycles. The van der Waals surface area contributed by atoms with E-state index in [0.717, 1.165) is 35.6 Å². The summed E-state index contributed by atoms with van der Waals surface area (Å²) in [5.74, 6) is 0. The third kappa shape index (κ3) is 4.20. The third-order valence-electron chi connectivity index (χ3n) is 4.47. The number of aryl methyl sites for hydroxylation is 2. The van der Waals surface area contributed by atoms with E-state index in [1.165, 1.54) is 0 Å². The Morgan fingerprint density at radius 3 is 2.36 bits per heavy atom. The summed E-state index contributed by atoms with van der Waals surface area (Å²) in [6.45, 7) is 6.87. The molecule has 1 N–H and O–H groups in total. The fourth-order valence-electron chi connectivity index (χ4n) is 2.91. The van der Waals surface area contributed by atoms with Crippen molar-refractivity contribution < 1.29 is 4.79 Å². The highest BCUT2D eigenvalue weighted by Crippen LogP contribution is 2.28. The van der Waals surface area contributed by atoms with Gasteiger partial charge in [0.1, 0.15) is 0 Å². The van der Waals surface area contributed by atoms with Crippen molar-refractivity contribution in [2.45, 2.75) is 13.8 Å². The smallest absolute Gasteiger partial charge is 0.321 e. The Bertz CT molecular complexity index is 786. The topological polar surface area (TPSA) is 35.6 Å². The lowest BCUT2D eigenvalue weighted by molar-refractivity contribution is 0.208. The first kappa shape index (κ1) is 17.9. The first-order valence-electron chi connectivity index (χ1n) is 8.27. The molecule has 0 unspecified atom stereocenters. The van der Waals surface area contributed by atoms with Gasteiger partial charge < -0.3 is 15.1 Å². The summed E-state index contributed by atoms with van der Waals surface area (Å²) < 4.78 is 0. The maximum atomic E-state index is 12.5. The molecule has 1 saturated heterocycles. The monoisotopic (exact) mass is 377 g/mol. The summed E-state index contributed by atoms with van der Waals surface area (Å²) in [5.41, 5.74) is 4.10. The molecule has 4 nitrogen and oxygen atoms in total. The largest absolute Gasteiger partial charge is 0.368 e. The summed E-state index contributed by atoms with van der Waals surface area (Å²) >= 11 is 12.1. The normalized spacial score (nSPS) is 14.6. The van der Waals surface area contributed by atoms with Crippen LogP contribution in [0.15, 0.2) is 36.4 Å². The number of carbonyl (C=O) groups excluding carboxylic acids is 1. The van der Waals surface area contributed by atoms with E-state index in [1.807, 2.05) is 49.1 Å². The lowest BCUT2D eigenvalue weighted by Crippen LogP contribution is -2.50.